The summed E-state index contributed by atoms with van der Waals surface area (Å²) < 4.78 is 0. The van der Waals surface area contributed by atoms with Crippen LogP contribution < -0.4 is 5.23 Å². The molecule has 3 aromatic rings. The van der Waals surface area contributed by atoms with Gasteiger partial charge in [-0.2, -0.15) is 5.23 Å². The van der Waals surface area contributed by atoms with E-state index in [0.29, 0.717) is 6.61 Å². The van der Waals surface area contributed by atoms with Gasteiger partial charge in [0.2, 0.25) is 0 Å². The van der Waals surface area contributed by atoms with Gasteiger partial charge in [0, 0.05) is 23.2 Å². The standard InChI is InChI=1S/C26H31N5O4/c1-4-20-21-10-6-12-25(26(21)28-24-14-13-19(31(32)33)16-22(20)24)30-35-15-7-9-18-8-5-11-23(27-18)17(2)29-34-3/h5,8,11,13-14,16,31-32H,4,6-7,9-10,12,15H2,1-3H3/b29-17+,30-25+. The Balaban J connectivity index is 1.46. The molecule has 0 aliphatic heterocycles. The van der Waals surface area contributed by atoms with E-state index in [-0.39, 0.29) is 5.69 Å². The second-order valence-electron chi connectivity index (χ2n) is 8.51. The molecule has 2 heterocycles. The Morgan fingerprint density at radius 2 is 2.06 bits per heavy atom. The summed E-state index contributed by atoms with van der Waals surface area (Å²) in [6.07, 6.45) is 5.04. The number of hydrogen-bond acceptors (Lipinski definition) is 8. The van der Waals surface area contributed by atoms with E-state index in [1.807, 2.05) is 25.1 Å². The fourth-order valence-electron chi connectivity index (χ4n) is 4.50. The fraction of sp³-hybridized carbons (Fsp3) is 0.385. The van der Waals surface area contributed by atoms with Crippen LogP contribution in [0.2, 0.25) is 0 Å². The summed E-state index contributed by atoms with van der Waals surface area (Å²) >= 11 is 0. The maximum Gasteiger partial charge on any atom is 0.164 e. The molecule has 0 bridgehead atoms. The quantitative estimate of drug-likeness (QED) is 0.276. The molecule has 0 amide bonds. The van der Waals surface area contributed by atoms with Crippen molar-refractivity contribution in [1.29, 1.82) is 0 Å². The Kier molecular flexibility index (Phi) is 8.02. The molecular weight excluding hydrogens is 446 g/mol. The van der Waals surface area contributed by atoms with Gasteiger partial charge in [0.25, 0.3) is 0 Å². The lowest BCUT2D eigenvalue weighted by molar-refractivity contribution is -0.991. The molecule has 0 saturated carbocycles. The molecule has 0 saturated heterocycles. The smallest absolute Gasteiger partial charge is 0.164 e. The zero-order valence-corrected chi connectivity index (χ0v) is 20.4. The third kappa shape index (κ3) is 5.64. The molecule has 1 aliphatic rings. The first-order valence-corrected chi connectivity index (χ1v) is 11.9. The molecule has 1 aliphatic carbocycles. The van der Waals surface area contributed by atoms with Crippen LogP contribution in [0.3, 0.4) is 0 Å². The van der Waals surface area contributed by atoms with Gasteiger partial charge in [-0.15, -0.1) is 0 Å². The Morgan fingerprint density at radius 1 is 1.20 bits per heavy atom. The third-order valence-electron chi connectivity index (χ3n) is 6.17. The molecule has 1 atom stereocenters. The normalized spacial score (nSPS) is 15.8. The van der Waals surface area contributed by atoms with Gasteiger partial charge in [-0.05, 0) is 74.8 Å². The number of fused-ring (bicyclic) bond motifs is 2. The summed E-state index contributed by atoms with van der Waals surface area (Å²) in [5.41, 5.74) is 7.62. The number of benzene rings is 1. The van der Waals surface area contributed by atoms with Crippen LogP contribution in [0, 0.1) is 5.21 Å². The average molecular weight is 478 g/mol. The molecule has 2 N–H and O–H groups in total. The Hall–Kier alpha value is -3.40. The Morgan fingerprint density at radius 3 is 2.83 bits per heavy atom. The number of oxime groups is 2. The largest absolute Gasteiger partial charge is 0.595 e. The lowest BCUT2D eigenvalue weighted by atomic mass is 9.87. The molecule has 2 aromatic heterocycles. The van der Waals surface area contributed by atoms with Crippen molar-refractivity contribution in [2.45, 2.75) is 52.4 Å². The van der Waals surface area contributed by atoms with Crippen molar-refractivity contribution in [2.75, 3.05) is 13.7 Å². The maximum absolute atomic E-state index is 11.4. The monoisotopic (exact) mass is 477 g/mol. The molecule has 4 rings (SSSR count). The highest BCUT2D eigenvalue weighted by Crippen LogP contribution is 2.31. The second-order valence-corrected chi connectivity index (χ2v) is 8.51. The molecule has 9 nitrogen and oxygen atoms in total. The fourth-order valence-corrected chi connectivity index (χ4v) is 4.50. The number of rotatable bonds is 9. The number of nitrogens with one attached hydrogen (secondary N) is 1. The van der Waals surface area contributed by atoms with Crippen LogP contribution in [0.4, 0.5) is 5.69 Å². The van der Waals surface area contributed by atoms with Gasteiger partial charge < -0.3 is 14.9 Å². The average Bonchev–Trinajstić information content (AvgIpc) is 2.87. The lowest BCUT2D eigenvalue weighted by Gasteiger charge is -2.22. The van der Waals surface area contributed by atoms with E-state index in [4.69, 9.17) is 14.7 Å². The van der Waals surface area contributed by atoms with Crippen LogP contribution in [0.5, 0.6) is 0 Å². The van der Waals surface area contributed by atoms with Gasteiger partial charge in [0.05, 0.1) is 16.9 Å². The van der Waals surface area contributed by atoms with Crippen molar-refractivity contribution in [3.63, 3.8) is 0 Å². The lowest BCUT2D eigenvalue weighted by Crippen LogP contribution is -2.99. The van der Waals surface area contributed by atoms with E-state index >= 15 is 0 Å². The van der Waals surface area contributed by atoms with Crippen LogP contribution in [0.15, 0.2) is 46.7 Å². The minimum atomic E-state index is -0.928. The van der Waals surface area contributed by atoms with Crippen LogP contribution in [-0.4, -0.2) is 40.3 Å². The Labute approximate surface area is 204 Å². The SMILES string of the molecule is CCc1c2c(nc3ccc([NH+]([O-])O)cc13)/C(=N/OCCCc1cccc(/C(C)=N/OC)n1)CCC2. The van der Waals surface area contributed by atoms with Gasteiger partial charge >= 0.3 is 0 Å². The second kappa shape index (κ2) is 11.4. The van der Waals surface area contributed by atoms with Gasteiger partial charge in [-0.3, -0.25) is 4.98 Å². The number of quaternary nitrogens is 1. The summed E-state index contributed by atoms with van der Waals surface area (Å²) in [5.74, 6) is 0. The van der Waals surface area contributed by atoms with Crippen LogP contribution in [0.25, 0.3) is 10.9 Å². The van der Waals surface area contributed by atoms with Gasteiger partial charge in [0.15, 0.2) is 5.69 Å². The first-order valence-electron chi connectivity index (χ1n) is 11.9. The summed E-state index contributed by atoms with van der Waals surface area (Å²) in [6.45, 7) is 4.44. The van der Waals surface area contributed by atoms with Gasteiger partial charge in [0.1, 0.15) is 25.1 Å². The van der Waals surface area contributed by atoms with Crippen LogP contribution in [0.1, 0.15) is 61.3 Å². The molecule has 35 heavy (non-hydrogen) atoms. The number of pyridine rings is 2. The summed E-state index contributed by atoms with van der Waals surface area (Å²) in [7, 11) is 1.52. The molecule has 184 valence electrons. The van der Waals surface area contributed by atoms with Crippen molar-refractivity contribution in [1.82, 2.24) is 9.97 Å². The van der Waals surface area contributed by atoms with E-state index < -0.39 is 5.23 Å². The Bertz CT molecular complexity index is 1260. The van der Waals surface area contributed by atoms with E-state index in [1.54, 1.807) is 18.2 Å². The first-order chi connectivity index (χ1) is 17.0. The maximum atomic E-state index is 11.4. The molecule has 9 heteroatoms. The van der Waals surface area contributed by atoms with E-state index in [2.05, 4.69) is 22.2 Å². The van der Waals surface area contributed by atoms with E-state index in [1.165, 1.54) is 7.11 Å². The minimum Gasteiger partial charge on any atom is -0.595 e. The number of hydrogen-bond donors (Lipinski definition) is 2. The number of nitrogens with zero attached hydrogens (tertiary/aromatic N) is 4. The van der Waals surface area contributed by atoms with Crippen molar-refractivity contribution < 1.29 is 20.1 Å². The molecule has 1 aromatic carbocycles. The number of aryl methyl sites for hydroxylation is 2. The summed E-state index contributed by atoms with van der Waals surface area (Å²) in [4.78, 5) is 20.0. The highest BCUT2D eigenvalue weighted by molar-refractivity contribution is 6.03. The van der Waals surface area contributed by atoms with E-state index in [0.717, 1.165) is 89.1 Å². The zero-order chi connectivity index (χ0) is 24.8. The number of aromatic nitrogens is 2. The summed E-state index contributed by atoms with van der Waals surface area (Å²) in [6, 6.07) is 11.0. The van der Waals surface area contributed by atoms with Gasteiger partial charge in [-0.1, -0.05) is 23.3 Å². The van der Waals surface area contributed by atoms with Crippen molar-refractivity contribution >= 4 is 28.0 Å². The minimum absolute atomic E-state index is 0.281. The third-order valence-corrected chi connectivity index (χ3v) is 6.17. The van der Waals surface area contributed by atoms with Crippen molar-refractivity contribution in [3.05, 3.63) is 69.8 Å². The summed E-state index contributed by atoms with van der Waals surface area (Å²) in [5, 5.41) is 29.2. The van der Waals surface area contributed by atoms with Crippen molar-refractivity contribution in [2.24, 2.45) is 10.3 Å². The van der Waals surface area contributed by atoms with Crippen LogP contribution in [-0.2, 0) is 28.9 Å². The predicted molar refractivity (Wildman–Crippen MR) is 134 cm³/mol. The molecular formula is C26H31N5O4. The topological polar surface area (TPSA) is 117 Å². The molecule has 0 spiro atoms. The highest BCUT2D eigenvalue weighted by atomic mass is 16.8. The zero-order valence-electron chi connectivity index (χ0n) is 20.4. The highest BCUT2D eigenvalue weighted by Gasteiger charge is 2.23. The molecule has 1 unspecified atom stereocenters. The van der Waals surface area contributed by atoms with E-state index in [9.17, 15) is 10.4 Å². The first kappa shape index (κ1) is 24.7. The van der Waals surface area contributed by atoms with Crippen molar-refractivity contribution in [3.8, 4) is 0 Å². The molecule has 0 fully saturated rings. The van der Waals surface area contributed by atoms with Crippen LogP contribution >= 0.6 is 0 Å². The predicted octanol–water partition coefficient (Wildman–Crippen LogP) is 3.66. The molecule has 0 radical (unpaired) electrons. The van der Waals surface area contributed by atoms with Gasteiger partial charge in [-0.25, -0.2) is 10.2 Å².